The van der Waals surface area contributed by atoms with Gasteiger partial charge in [0, 0.05) is 5.56 Å². The molecule has 1 unspecified atom stereocenters. The zero-order chi connectivity index (χ0) is 25.0. The summed E-state index contributed by atoms with van der Waals surface area (Å²) in [6.45, 7) is 0.554. The molecule has 35 heavy (non-hydrogen) atoms. The van der Waals surface area contributed by atoms with Gasteiger partial charge in [0.2, 0.25) is 0 Å². The Morgan fingerprint density at radius 3 is 2.06 bits per heavy atom. The normalized spacial score (nSPS) is 11.3. The van der Waals surface area contributed by atoms with Gasteiger partial charge in [-0.1, -0.05) is 42.5 Å². The van der Waals surface area contributed by atoms with Crippen molar-refractivity contribution in [2.45, 2.75) is 31.9 Å². The maximum absolute atomic E-state index is 12.5. The quantitative estimate of drug-likeness (QED) is 0.252. The molecule has 0 radical (unpaired) electrons. The Kier molecular flexibility index (Phi) is 9.24. The summed E-state index contributed by atoms with van der Waals surface area (Å²) in [5.74, 6) is -2.16. The third kappa shape index (κ3) is 8.51. The van der Waals surface area contributed by atoms with E-state index in [0.29, 0.717) is 17.9 Å². The standard InChI is InChI=1S/C27H27NO7/c29-24(30)18-20-9-13-23(14-10-20)35-26(27(32)33)28-25(31)21-11-15-22(16-12-21)34-17-5-4-8-19-6-2-1-3-7-19/h1-3,6-7,9-16,26H,4-5,8,17-18H2,(H,28,31)(H,29,30)(H,32,33). The lowest BCUT2D eigenvalue weighted by Gasteiger charge is -2.17. The van der Waals surface area contributed by atoms with Crippen LogP contribution < -0.4 is 14.8 Å². The van der Waals surface area contributed by atoms with Crippen molar-refractivity contribution in [1.82, 2.24) is 5.32 Å². The van der Waals surface area contributed by atoms with Gasteiger partial charge in [-0.3, -0.25) is 9.59 Å². The molecule has 0 aromatic heterocycles. The number of aliphatic carboxylic acids is 2. The van der Waals surface area contributed by atoms with E-state index in [1.165, 1.54) is 29.8 Å². The third-order valence-corrected chi connectivity index (χ3v) is 5.11. The number of amides is 1. The molecular weight excluding hydrogens is 450 g/mol. The van der Waals surface area contributed by atoms with Gasteiger partial charge >= 0.3 is 11.9 Å². The summed E-state index contributed by atoms with van der Waals surface area (Å²) in [7, 11) is 0. The number of carboxylic acid groups (broad SMARTS) is 2. The summed E-state index contributed by atoms with van der Waals surface area (Å²) < 4.78 is 11.1. The van der Waals surface area contributed by atoms with Gasteiger partial charge < -0.3 is 25.0 Å². The minimum absolute atomic E-state index is 0.160. The van der Waals surface area contributed by atoms with Gasteiger partial charge in [0.05, 0.1) is 13.0 Å². The molecule has 8 heteroatoms. The monoisotopic (exact) mass is 477 g/mol. The summed E-state index contributed by atoms with van der Waals surface area (Å²) in [6, 6.07) is 22.6. The first-order valence-electron chi connectivity index (χ1n) is 11.2. The number of ether oxygens (including phenoxy) is 2. The molecule has 0 saturated heterocycles. The Bertz CT molecular complexity index is 1110. The molecule has 3 aromatic rings. The molecule has 1 amide bonds. The summed E-state index contributed by atoms with van der Waals surface area (Å²) in [5, 5.41) is 20.6. The summed E-state index contributed by atoms with van der Waals surface area (Å²) in [5.41, 5.74) is 2.09. The number of hydrogen-bond acceptors (Lipinski definition) is 5. The zero-order valence-electron chi connectivity index (χ0n) is 19.1. The minimum atomic E-state index is -1.62. The van der Waals surface area contributed by atoms with E-state index in [1.807, 2.05) is 18.2 Å². The number of aryl methyl sites for hydroxylation is 1. The number of unbranched alkanes of at least 4 members (excludes halogenated alkanes) is 1. The highest BCUT2D eigenvalue weighted by atomic mass is 16.5. The average molecular weight is 478 g/mol. The lowest BCUT2D eigenvalue weighted by molar-refractivity contribution is -0.146. The van der Waals surface area contributed by atoms with E-state index in [0.717, 1.165) is 19.3 Å². The Morgan fingerprint density at radius 1 is 0.771 bits per heavy atom. The highest BCUT2D eigenvalue weighted by Gasteiger charge is 2.22. The molecule has 8 nitrogen and oxygen atoms in total. The number of nitrogens with one attached hydrogen (secondary N) is 1. The fourth-order valence-electron chi connectivity index (χ4n) is 3.31. The Morgan fingerprint density at radius 2 is 1.43 bits per heavy atom. The molecule has 3 aromatic carbocycles. The van der Waals surface area contributed by atoms with E-state index in [1.54, 1.807) is 24.3 Å². The van der Waals surface area contributed by atoms with Gasteiger partial charge in [-0.15, -0.1) is 0 Å². The Labute approximate surface area is 203 Å². The van der Waals surface area contributed by atoms with Crippen LogP contribution >= 0.6 is 0 Å². The SMILES string of the molecule is O=C(O)Cc1ccc(OC(NC(=O)c2ccc(OCCCCc3ccccc3)cc2)C(=O)O)cc1. The average Bonchev–Trinajstić information content (AvgIpc) is 2.85. The van der Waals surface area contributed by atoms with Crippen LogP contribution in [0.5, 0.6) is 11.5 Å². The van der Waals surface area contributed by atoms with Crippen LogP contribution in [0.2, 0.25) is 0 Å². The molecule has 0 aliphatic rings. The van der Waals surface area contributed by atoms with E-state index in [2.05, 4.69) is 17.4 Å². The van der Waals surface area contributed by atoms with Gasteiger partial charge in [0.1, 0.15) is 11.5 Å². The first-order chi connectivity index (χ1) is 16.9. The van der Waals surface area contributed by atoms with Gasteiger partial charge in [0.15, 0.2) is 0 Å². The topological polar surface area (TPSA) is 122 Å². The maximum atomic E-state index is 12.5. The van der Waals surface area contributed by atoms with Crippen LogP contribution in [0.1, 0.15) is 34.3 Å². The molecule has 3 rings (SSSR count). The second-order valence-corrected chi connectivity index (χ2v) is 7.84. The van der Waals surface area contributed by atoms with Crippen molar-refractivity contribution in [2.75, 3.05) is 6.61 Å². The van der Waals surface area contributed by atoms with E-state index >= 15 is 0 Å². The number of rotatable bonds is 13. The maximum Gasteiger partial charge on any atom is 0.366 e. The second kappa shape index (κ2) is 12.8. The molecule has 0 aliphatic carbocycles. The molecule has 0 fully saturated rings. The zero-order valence-corrected chi connectivity index (χ0v) is 19.1. The highest BCUT2D eigenvalue weighted by molar-refractivity contribution is 5.96. The van der Waals surface area contributed by atoms with Crippen LogP contribution in [-0.4, -0.2) is 40.9 Å². The van der Waals surface area contributed by atoms with Crippen LogP contribution in [-0.2, 0) is 22.4 Å². The van der Waals surface area contributed by atoms with Gasteiger partial charge in [-0.05, 0) is 66.8 Å². The van der Waals surface area contributed by atoms with Crippen molar-refractivity contribution in [3.8, 4) is 11.5 Å². The number of benzene rings is 3. The van der Waals surface area contributed by atoms with Gasteiger partial charge in [-0.25, -0.2) is 4.79 Å². The second-order valence-electron chi connectivity index (χ2n) is 7.84. The summed E-state index contributed by atoms with van der Waals surface area (Å²) >= 11 is 0. The third-order valence-electron chi connectivity index (χ3n) is 5.11. The molecule has 3 N–H and O–H groups in total. The highest BCUT2D eigenvalue weighted by Crippen LogP contribution is 2.16. The molecule has 1 atom stereocenters. The lowest BCUT2D eigenvalue weighted by Crippen LogP contribution is -2.44. The number of carbonyl (C=O) groups is 3. The molecule has 0 heterocycles. The van der Waals surface area contributed by atoms with E-state index < -0.39 is 24.1 Å². The van der Waals surface area contributed by atoms with E-state index in [4.69, 9.17) is 14.6 Å². The summed E-state index contributed by atoms with van der Waals surface area (Å²) in [4.78, 5) is 34.8. The van der Waals surface area contributed by atoms with Crippen molar-refractivity contribution in [1.29, 1.82) is 0 Å². The first-order valence-corrected chi connectivity index (χ1v) is 11.2. The molecule has 0 bridgehead atoms. The first kappa shape index (κ1) is 25.3. The Hall–Kier alpha value is -4.33. The molecular formula is C27H27NO7. The van der Waals surface area contributed by atoms with Crippen LogP contribution in [0.4, 0.5) is 0 Å². The van der Waals surface area contributed by atoms with Crippen LogP contribution in [0.15, 0.2) is 78.9 Å². The van der Waals surface area contributed by atoms with Crippen LogP contribution in [0.25, 0.3) is 0 Å². The van der Waals surface area contributed by atoms with Crippen molar-refractivity contribution >= 4 is 17.8 Å². The fraction of sp³-hybridized carbons (Fsp3) is 0.222. The lowest BCUT2D eigenvalue weighted by atomic mass is 10.1. The van der Waals surface area contributed by atoms with E-state index in [-0.39, 0.29) is 17.7 Å². The van der Waals surface area contributed by atoms with Crippen LogP contribution in [0.3, 0.4) is 0 Å². The van der Waals surface area contributed by atoms with Crippen molar-refractivity contribution in [3.05, 3.63) is 95.6 Å². The van der Waals surface area contributed by atoms with E-state index in [9.17, 15) is 19.5 Å². The Balaban J connectivity index is 1.46. The smallest absolute Gasteiger partial charge is 0.366 e. The number of hydrogen-bond donors (Lipinski definition) is 3. The van der Waals surface area contributed by atoms with Crippen molar-refractivity contribution in [2.24, 2.45) is 0 Å². The largest absolute Gasteiger partial charge is 0.494 e. The molecule has 0 spiro atoms. The van der Waals surface area contributed by atoms with Gasteiger partial charge in [0.25, 0.3) is 12.1 Å². The minimum Gasteiger partial charge on any atom is -0.494 e. The number of carbonyl (C=O) groups excluding carboxylic acids is 1. The van der Waals surface area contributed by atoms with Gasteiger partial charge in [-0.2, -0.15) is 0 Å². The predicted octanol–water partition coefficient (Wildman–Crippen LogP) is 3.93. The van der Waals surface area contributed by atoms with Crippen molar-refractivity contribution in [3.63, 3.8) is 0 Å². The predicted molar refractivity (Wildman–Crippen MR) is 129 cm³/mol. The molecule has 182 valence electrons. The molecule has 0 saturated carbocycles. The fourth-order valence-corrected chi connectivity index (χ4v) is 3.31. The molecule has 0 aliphatic heterocycles. The number of carboxylic acids is 2. The van der Waals surface area contributed by atoms with Crippen LogP contribution in [0, 0.1) is 0 Å². The summed E-state index contributed by atoms with van der Waals surface area (Å²) in [6.07, 6.45) is 1.11. The van der Waals surface area contributed by atoms with Crippen molar-refractivity contribution < 1.29 is 34.1 Å².